The Kier molecular flexibility index (Phi) is 9.87. The van der Waals surface area contributed by atoms with Crippen LogP contribution in [0.2, 0.25) is 0 Å². The zero-order valence-corrected chi connectivity index (χ0v) is 23.1. The van der Waals surface area contributed by atoms with Crippen molar-refractivity contribution in [1.29, 1.82) is 0 Å². The summed E-state index contributed by atoms with van der Waals surface area (Å²) in [7, 11) is 0. The first-order valence-corrected chi connectivity index (χ1v) is 12.1. The molecule has 1 atom stereocenters. The molecule has 1 amide bonds. The lowest BCUT2D eigenvalue weighted by Crippen LogP contribution is -2.21. The van der Waals surface area contributed by atoms with Crippen molar-refractivity contribution < 1.29 is 19.7 Å². The van der Waals surface area contributed by atoms with E-state index >= 15 is 0 Å². The van der Waals surface area contributed by atoms with Gasteiger partial charge in [-0.05, 0) is 43.7 Å². The zero-order chi connectivity index (χ0) is 25.9. The van der Waals surface area contributed by atoms with E-state index in [9.17, 15) is 9.90 Å². The Bertz CT molecular complexity index is 1590. The number of rotatable bonds is 9. The fourth-order valence-electron chi connectivity index (χ4n) is 4.27. The number of aryl methyl sites for hydroxylation is 2. The molecule has 1 aromatic carbocycles. The smallest absolute Gasteiger partial charge is 0.274 e. The van der Waals surface area contributed by atoms with E-state index in [1.54, 1.807) is 22.7 Å². The van der Waals surface area contributed by atoms with Crippen LogP contribution in [0.15, 0.2) is 60.9 Å². The number of carbonyl (C=O) groups excluding carboxylic acids is 1. The number of aliphatic hydroxyl groups is 2. The maximum absolute atomic E-state index is 13.3. The summed E-state index contributed by atoms with van der Waals surface area (Å²) in [4.78, 5) is 22.2. The lowest BCUT2D eigenvalue weighted by Gasteiger charge is -2.10. The van der Waals surface area contributed by atoms with Crippen molar-refractivity contribution in [2.24, 2.45) is 0 Å². The number of benzene rings is 1. The molecule has 0 aliphatic rings. The molecule has 3 N–H and O–H groups in total. The minimum atomic E-state index is -0.967. The SMILES string of the molecule is CCc1nn(Cc2cccc(C)n2)c2cccc(NC(=O)c3cnc4cc(OCC(O)CO)ccn34)c12.Cl.Cl. The quantitative estimate of drug-likeness (QED) is 0.245. The average Bonchev–Trinajstić information content (AvgIpc) is 3.49. The summed E-state index contributed by atoms with van der Waals surface area (Å²) >= 11 is 0. The fraction of sp³-hybridized carbons (Fsp3) is 0.259. The summed E-state index contributed by atoms with van der Waals surface area (Å²) in [5.74, 6) is 0.171. The van der Waals surface area contributed by atoms with Crippen LogP contribution in [0.3, 0.4) is 0 Å². The topological polar surface area (TPSA) is 127 Å². The lowest BCUT2D eigenvalue weighted by molar-refractivity contribution is 0.0536. The highest BCUT2D eigenvalue weighted by Crippen LogP contribution is 2.29. The van der Waals surface area contributed by atoms with Crippen LogP contribution in [0.4, 0.5) is 5.69 Å². The van der Waals surface area contributed by atoms with Crippen molar-refractivity contribution in [2.45, 2.75) is 32.9 Å². The number of aromatic nitrogens is 5. The van der Waals surface area contributed by atoms with Crippen LogP contribution in [0, 0.1) is 6.92 Å². The van der Waals surface area contributed by atoms with Crippen LogP contribution in [0.25, 0.3) is 16.6 Å². The molecule has 206 valence electrons. The monoisotopic (exact) mass is 572 g/mol. The van der Waals surface area contributed by atoms with E-state index in [-0.39, 0.29) is 43.9 Å². The molecule has 4 aromatic heterocycles. The number of ether oxygens (including phenoxy) is 1. The summed E-state index contributed by atoms with van der Waals surface area (Å²) < 4.78 is 9.07. The molecule has 1 unspecified atom stereocenters. The number of fused-ring (bicyclic) bond motifs is 2. The van der Waals surface area contributed by atoms with Gasteiger partial charge in [0, 0.05) is 23.3 Å². The molecular formula is C27H30Cl2N6O4. The highest BCUT2D eigenvalue weighted by Gasteiger charge is 2.18. The second-order valence-corrected chi connectivity index (χ2v) is 8.76. The summed E-state index contributed by atoms with van der Waals surface area (Å²) in [6.07, 6.45) is 2.93. The van der Waals surface area contributed by atoms with Crippen LogP contribution in [0.5, 0.6) is 5.75 Å². The number of hydrogen-bond donors (Lipinski definition) is 3. The first kappa shape index (κ1) is 29.9. The molecule has 0 fully saturated rings. The molecule has 39 heavy (non-hydrogen) atoms. The van der Waals surface area contributed by atoms with Gasteiger partial charge < -0.3 is 20.3 Å². The number of halogens is 2. The Morgan fingerprint density at radius 3 is 2.69 bits per heavy atom. The third-order valence-corrected chi connectivity index (χ3v) is 6.06. The molecule has 0 saturated carbocycles. The molecular weight excluding hydrogens is 543 g/mol. The van der Waals surface area contributed by atoms with Gasteiger partial charge >= 0.3 is 0 Å². The molecule has 0 aliphatic heterocycles. The number of carbonyl (C=O) groups is 1. The first-order valence-electron chi connectivity index (χ1n) is 12.1. The fourth-order valence-corrected chi connectivity index (χ4v) is 4.27. The Labute approximate surface area is 237 Å². The maximum Gasteiger partial charge on any atom is 0.274 e. The number of hydrogen-bond acceptors (Lipinski definition) is 7. The highest BCUT2D eigenvalue weighted by atomic mass is 35.5. The van der Waals surface area contributed by atoms with Crippen LogP contribution in [0.1, 0.15) is 34.5 Å². The molecule has 5 rings (SSSR count). The van der Waals surface area contributed by atoms with E-state index in [4.69, 9.17) is 14.9 Å². The lowest BCUT2D eigenvalue weighted by atomic mass is 10.1. The van der Waals surface area contributed by atoms with Crippen molar-refractivity contribution in [3.05, 3.63) is 83.7 Å². The molecule has 0 bridgehead atoms. The van der Waals surface area contributed by atoms with Crippen LogP contribution in [-0.2, 0) is 13.0 Å². The minimum Gasteiger partial charge on any atom is -0.491 e. The Hall–Kier alpha value is -3.70. The Morgan fingerprint density at radius 2 is 1.95 bits per heavy atom. The third kappa shape index (κ3) is 6.31. The van der Waals surface area contributed by atoms with Gasteiger partial charge in [0.15, 0.2) is 0 Å². The minimum absolute atomic E-state index is 0. The van der Waals surface area contributed by atoms with E-state index in [0.29, 0.717) is 35.7 Å². The second-order valence-electron chi connectivity index (χ2n) is 8.76. The van der Waals surface area contributed by atoms with Gasteiger partial charge in [0.2, 0.25) is 0 Å². The van der Waals surface area contributed by atoms with Gasteiger partial charge in [0.1, 0.15) is 29.8 Å². The Balaban J connectivity index is 0.00000210. The van der Waals surface area contributed by atoms with Gasteiger partial charge in [0.25, 0.3) is 5.91 Å². The molecule has 0 aliphatic carbocycles. The van der Waals surface area contributed by atoms with Crippen molar-refractivity contribution in [2.75, 3.05) is 18.5 Å². The van der Waals surface area contributed by atoms with Crippen LogP contribution >= 0.6 is 24.8 Å². The summed E-state index contributed by atoms with van der Waals surface area (Å²) in [5, 5.41) is 27.2. The normalized spacial score (nSPS) is 11.6. The van der Waals surface area contributed by atoms with Crippen molar-refractivity contribution in [3.8, 4) is 5.75 Å². The number of pyridine rings is 2. The predicted octanol–water partition coefficient (Wildman–Crippen LogP) is 3.83. The molecule has 10 nitrogen and oxygen atoms in total. The summed E-state index contributed by atoms with van der Waals surface area (Å²) in [6.45, 7) is 4.11. The molecule has 4 heterocycles. The molecule has 5 aromatic rings. The number of nitrogens with one attached hydrogen (secondary N) is 1. The predicted molar refractivity (Wildman–Crippen MR) is 153 cm³/mol. The third-order valence-electron chi connectivity index (χ3n) is 6.06. The number of aliphatic hydroxyl groups excluding tert-OH is 2. The Morgan fingerprint density at radius 1 is 1.15 bits per heavy atom. The van der Waals surface area contributed by atoms with Crippen molar-refractivity contribution >= 4 is 53.0 Å². The number of imidazole rings is 1. The zero-order valence-electron chi connectivity index (χ0n) is 21.4. The second kappa shape index (κ2) is 12.9. The van der Waals surface area contributed by atoms with E-state index < -0.39 is 6.10 Å². The summed E-state index contributed by atoms with van der Waals surface area (Å²) in [6, 6.07) is 15.0. The standard InChI is InChI=1S/C27H28N6O4.2ClH/c1-3-21-26-22(8-5-9-23(26)33(31-21)14-18-7-4-6-17(2)29-18)30-27(36)24-13-28-25-12-20(10-11-32(24)25)37-16-19(35)15-34;;/h4-13,19,34-35H,3,14-16H2,1-2H3,(H,30,36);2*1H. The van der Waals surface area contributed by atoms with E-state index in [2.05, 4.69) is 15.3 Å². The van der Waals surface area contributed by atoms with Crippen LogP contribution in [-0.4, -0.2) is 59.6 Å². The van der Waals surface area contributed by atoms with Gasteiger partial charge in [-0.1, -0.05) is 19.1 Å². The largest absolute Gasteiger partial charge is 0.491 e. The van der Waals surface area contributed by atoms with Gasteiger partial charge in [-0.2, -0.15) is 5.10 Å². The molecule has 0 radical (unpaired) electrons. The van der Waals surface area contributed by atoms with Gasteiger partial charge in [-0.3, -0.25) is 18.9 Å². The number of anilines is 1. The number of nitrogens with zero attached hydrogens (tertiary/aromatic N) is 5. The van der Waals surface area contributed by atoms with Gasteiger partial charge in [-0.25, -0.2) is 4.98 Å². The van der Waals surface area contributed by atoms with Crippen LogP contribution < -0.4 is 10.1 Å². The van der Waals surface area contributed by atoms with Gasteiger partial charge in [-0.15, -0.1) is 24.8 Å². The van der Waals surface area contributed by atoms with E-state index in [1.165, 1.54) is 6.20 Å². The van der Waals surface area contributed by atoms with Crippen molar-refractivity contribution in [3.63, 3.8) is 0 Å². The molecule has 0 spiro atoms. The highest BCUT2D eigenvalue weighted by molar-refractivity contribution is 6.08. The van der Waals surface area contributed by atoms with E-state index in [0.717, 1.165) is 28.0 Å². The first-order chi connectivity index (χ1) is 18.0. The van der Waals surface area contributed by atoms with Gasteiger partial charge in [0.05, 0.1) is 41.9 Å². The number of amides is 1. The molecule has 12 heteroatoms. The summed E-state index contributed by atoms with van der Waals surface area (Å²) in [5.41, 5.74) is 5.24. The van der Waals surface area contributed by atoms with Crippen molar-refractivity contribution in [1.82, 2.24) is 24.1 Å². The average molecular weight is 573 g/mol. The maximum atomic E-state index is 13.3. The van der Waals surface area contributed by atoms with E-state index in [1.807, 2.05) is 54.9 Å². The molecule has 0 saturated heterocycles.